The van der Waals surface area contributed by atoms with E-state index in [9.17, 15) is 0 Å². The van der Waals surface area contributed by atoms with Gasteiger partial charge in [0.25, 0.3) is 0 Å². The SMILES string of the molecule is Cc1cc(C)nc(N2CCCC(c3ccncc3)C2)n1. The second-order valence-corrected chi connectivity index (χ2v) is 5.52. The largest absolute Gasteiger partial charge is 0.340 e. The van der Waals surface area contributed by atoms with E-state index in [-0.39, 0.29) is 0 Å². The minimum Gasteiger partial charge on any atom is -0.340 e. The lowest BCUT2D eigenvalue weighted by Crippen LogP contribution is -2.35. The molecule has 0 aliphatic carbocycles. The van der Waals surface area contributed by atoms with E-state index in [1.54, 1.807) is 0 Å². The van der Waals surface area contributed by atoms with E-state index in [1.807, 2.05) is 32.3 Å². The van der Waals surface area contributed by atoms with E-state index in [2.05, 4.69) is 32.0 Å². The summed E-state index contributed by atoms with van der Waals surface area (Å²) in [5.41, 5.74) is 3.45. The molecule has 2 aromatic rings. The third kappa shape index (κ3) is 2.79. The molecule has 20 heavy (non-hydrogen) atoms. The smallest absolute Gasteiger partial charge is 0.225 e. The van der Waals surface area contributed by atoms with Gasteiger partial charge in [0, 0.05) is 42.8 Å². The van der Waals surface area contributed by atoms with Crippen molar-refractivity contribution in [2.75, 3.05) is 18.0 Å². The molecule has 0 saturated carbocycles. The lowest BCUT2D eigenvalue weighted by atomic mass is 9.91. The fourth-order valence-corrected chi connectivity index (χ4v) is 2.92. The third-order valence-corrected chi connectivity index (χ3v) is 3.85. The summed E-state index contributed by atoms with van der Waals surface area (Å²) in [5.74, 6) is 1.43. The van der Waals surface area contributed by atoms with E-state index >= 15 is 0 Å². The average molecular weight is 268 g/mol. The van der Waals surface area contributed by atoms with Crippen LogP contribution in [-0.4, -0.2) is 28.0 Å². The van der Waals surface area contributed by atoms with Crippen LogP contribution in [0.5, 0.6) is 0 Å². The average Bonchev–Trinajstić information content (AvgIpc) is 2.47. The molecule has 2 aromatic heterocycles. The fourth-order valence-electron chi connectivity index (χ4n) is 2.92. The molecule has 0 spiro atoms. The number of rotatable bonds is 2. The van der Waals surface area contributed by atoms with Gasteiger partial charge in [0.1, 0.15) is 0 Å². The first-order valence-electron chi connectivity index (χ1n) is 7.19. The maximum Gasteiger partial charge on any atom is 0.225 e. The van der Waals surface area contributed by atoms with Gasteiger partial charge in [-0.25, -0.2) is 9.97 Å². The van der Waals surface area contributed by atoms with Crippen molar-refractivity contribution in [2.24, 2.45) is 0 Å². The summed E-state index contributed by atoms with van der Waals surface area (Å²) in [6, 6.07) is 6.26. The van der Waals surface area contributed by atoms with Crippen LogP contribution < -0.4 is 4.90 Å². The Balaban J connectivity index is 1.81. The van der Waals surface area contributed by atoms with Crippen LogP contribution >= 0.6 is 0 Å². The topological polar surface area (TPSA) is 41.9 Å². The van der Waals surface area contributed by atoms with Gasteiger partial charge in [-0.15, -0.1) is 0 Å². The van der Waals surface area contributed by atoms with Gasteiger partial charge in [-0.2, -0.15) is 0 Å². The first-order chi connectivity index (χ1) is 9.72. The number of hydrogen-bond donors (Lipinski definition) is 0. The van der Waals surface area contributed by atoms with Crippen molar-refractivity contribution in [3.63, 3.8) is 0 Å². The number of anilines is 1. The number of pyridine rings is 1. The number of hydrogen-bond acceptors (Lipinski definition) is 4. The number of aryl methyl sites for hydroxylation is 2. The van der Waals surface area contributed by atoms with Crippen molar-refractivity contribution in [3.05, 3.63) is 47.5 Å². The predicted molar refractivity (Wildman–Crippen MR) is 79.9 cm³/mol. The molecule has 1 aliphatic rings. The van der Waals surface area contributed by atoms with E-state index in [1.165, 1.54) is 18.4 Å². The Bertz CT molecular complexity index is 562. The zero-order chi connectivity index (χ0) is 13.9. The summed E-state index contributed by atoms with van der Waals surface area (Å²) >= 11 is 0. The third-order valence-electron chi connectivity index (χ3n) is 3.85. The molecule has 3 heterocycles. The zero-order valence-corrected chi connectivity index (χ0v) is 12.1. The minimum atomic E-state index is 0.552. The lowest BCUT2D eigenvalue weighted by Gasteiger charge is -2.33. The van der Waals surface area contributed by atoms with Crippen molar-refractivity contribution in [2.45, 2.75) is 32.6 Å². The van der Waals surface area contributed by atoms with Gasteiger partial charge in [0.05, 0.1) is 0 Å². The molecule has 4 nitrogen and oxygen atoms in total. The van der Waals surface area contributed by atoms with Crippen molar-refractivity contribution in [1.82, 2.24) is 15.0 Å². The van der Waals surface area contributed by atoms with E-state index in [4.69, 9.17) is 0 Å². The standard InChI is InChI=1S/C16H20N4/c1-12-10-13(2)19-16(18-12)20-9-3-4-15(11-20)14-5-7-17-8-6-14/h5-8,10,15H,3-4,9,11H2,1-2H3. The van der Waals surface area contributed by atoms with E-state index in [0.717, 1.165) is 30.4 Å². The summed E-state index contributed by atoms with van der Waals surface area (Å²) in [6.45, 7) is 6.10. The molecular weight excluding hydrogens is 248 g/mol. The van der Waals surface area contributed by atoms with Crippen LogP contribution in [0.25, 0.3) is 0 Å². The Kier molecular flexibility index (Phi) is 3.63. The zero-order valence-electron chi connectivity index (χ0n) is 12.1. The highest BCUT2D eigenvalue weighted by atomic mass is 15.3. The Morgan fingerprint density at radius 2 is 1.80 bits per heavy atom. The summed E-state index contributed by atoms with van der Waals surface area (Å²) in [7, 11) is 0. The highest BCUT2D eigenvalue weighted by molar-refractivity contribution is 5.35. The molecule has 1 unspecified atom stereocenters. The molecule has 0 amide bonds. The van der Waals surface area contributed by atoms with Crippen molar-refractivity contribution in [1.29, 1.82) is 0 Å². The molecule has 4 heteroatoms. The van der Waals surface area contributed by atoms with Gasteiger partial charge < -0.3 is 4.90 Å². The monoisotopic (exact) mass is 268 g/mol. The van der Waals surface area contributed by atoms with Gasteiger partial charge in [-0.05, 0) is 50.5 Å². The molecule has 0 aromatic carbocycles. The van der Waals surface area contributed by atoms with Gasteiger partial charge in [0.15, 0.2) is 0 Å². The first-order valence-corrected chi connectivity index (χ1v) is 7.19. The lowest BCUT2D eigenvalue weighted by molar-refractivity contribution is 0.502. The van der Waals surface area contributed by atoms with Gasteiger partial charge in [0.2, 0.25) is 5.95 Å². The van der Waals surface area contributed by atoms with Crippen LogP contribution in [-0.2, 0) is 0 Å². The number of piperidine rings is 1. The summed E-state index contributed by atoms with van der Waals surface area (Å²) in [6.07, 6.45) is 6.16. The molecule has 1 fully saturated rings. The number of nitrogens with zero attached hydrogens (tertiary/aromatic N) is 4. The number of aromatic nitrogens is 3. The maximum atomic E-state index is 4.59. The Morgan fingerprint density at radius 3 is 2.50 bits per heavy atom. The van der Waals surface area contributed by atoms with Crippen LogP contribution in [0.15, 0.2) is 30.6 Å². The van der Waals surface area contributed by atoms with Crippen LogP contribution in [0.2, 0.25) is 0 Å². The van der Waals surface area contributed by atoms with Crippen LogP contribution in [0, 0.1) is 13.8 Å². The van der Waals surface area contributed by atoms with Gasteiger partial charge >= 0.3 is 0 Å². The summed E-state index contributed by atoms with van der Waals surface area (Å²) in [5, 5.41) is 0. The van der Waals surface area contributed by atoms with Gasteiger partial charge in [-0.3, -0.25) is 4.98 Å². The minimum absolute atomic E-state index is 0.552. The molecule has 3 rings (SSSR count). The molecule has 1 aliphatic heterocycles. The quantitative estimate of drug-likeness (QED) is 0.840. The molecule has 0 N–H and O–H groups in total. The fraction of sp³-hybridized carbons (Fsp3) is 0.438. The van der Waals surface area contributed by atoms with Gasteiger partial charge in [-0.1, -0.05) is 0 Å². The van der Waals surface area contributed by atoms with Crippen LogP contribution in [0.3, 0.4) is 0 Å². The van der Waals surface area contributed by atoms with E-state index in [0.29, 0.717) is 5.92 Å². The van der Waals surface area contributed by atoms with E-state index < -0.39 is 0 Å². The van der Waals surface area contributed by atoms with Crippen LogP contribution in [0.1, 0.15) is 35.7 Å². The predicted octanol–water partition coefficient (Wildman–Crippen LogP) is 2.87. The van der Waals surface area contributed by atoms with Crippen molar-refractivity contribution < 1.29 is 0 Å². The van der Waals surface area contributed by atoms with Crippen molar-refractivity contribution in [3.8, 4) is 0 Å². The maximum absolute atomic E-state index is 4.59. The molecule has 104 valence electrons. The second-order valence-electron chi connectivity index (χ2n) is 5.52. The van der Waals surface area contributed by atoms with Crippen molar-refractivity contribution >= 4 is 5.95 Å². The first kappa shape index (κ1) is 13.0. The second kappa shape index (κ2) is 5.57. The summed E-state index contributed by atoms with van der Waals surface area (Å²) in [4.78, 5) is 15.6. The molecular formula is C16H20N4. The van der Waals surface area contributed by atoms with Crippen LogP contribution in [0.4, 0.5) is 5.95 Å². The molecule has 1 saturated heterocycles. The highest BCUT2D eigenvalue weighted by Gasteiger charge is 2.23. The Labute approximate surface area is 119 Å². The Morgan fingerprint density at radius 1 is 1.10 bits per heavy atom. The normalized spacial score (nSPS) is 19.1. The molecule has 0 radical (unpaired) electrons. The summed E-state index contributed by atoms with van der Waals surface area (Å²) < 4.78 is 0. The molecule has 1 atom stereocenters. The molecule has 0 bridgehead atoms. The highest BCUT2D eigenvalue weighted by Crippen LogP contribution is 2.28. The Hall–Kier alpha value is -1.97.